The molecule has 0 aliphatic rings. The van der Waals surface area contributed by atoms with Crippen molar-refractivity contribution in [2.24, 2.45) is 0 Å². The van der Waals surface area contributed by atoms with Gasteiger partial charge in [0.05, 0.1) is 0 Å². The van der Waals surface area contributed by atoms with E-state index in [9.17, 15) is 0 Å². The molecule has 0 atom stereocenters. The highest BCUT2D eigenvalue weighted by atomic mass is 35.5. The fourth-order valence-corrected chi connectivity index (χ4v) is 1.52. The number of halogens is 1. The molecule has 1 nitrogen and oxygen atoms in total. The normalized spacial score (nSPS) is 10.2. The van der Waals surface area contributed by atoms with Crippen LogP contribution in [-0.4, -0.2) is 10.9 Å². The Morgan fingerprint density at radius 3 is 2.38 bits per heavy atom. The number of alkyl halides is 1. The maximum Gasteiger partial charge on any atom is 0.0270 e. The zero-order valence-electron chi connectivity index (χ0n) is 7.88. The van der Waals surface area contributed by atoms with Crippen molar-refractivity contribution in [2.45, 2.75) is 32.1 Å². The molecule has 0 aromatic carbocycles. The number of hydrogen-bond donors (Lipinski definition) is 0. The van der Waals surface area contributed by atoms with Crippen LogP contribution in [0.1, 0.15) is 31.2 Å². The molecule has 0 saturated carbocycles. The van der Waals surface area contributed by atoms with Gasteiger partial charge in [0.1, 0.15) is 0 Å². The van der Waals surface area contributed by atoms with Crippen LogP contribution in [0.4, 0.5) is 0 Å². The second-order valence-electron chi connectivity index (χ2n) is 3.21. The Kier molecular flexibility index (Phi) is 5.59. The molecular formula is C11H16ClN. The first-order valence-corrected chi connectivity index (χ1v) is 5.42. The van der Waals surface area contributed by atoms with E-state index in [2.05, 4.69) is 17.1 Å². The lowest BCUT2D eigenvalue weighted by atomic mass is 10.1. The van der Waals surface area contributed by atoms with Crippen molar-refractivity contribution in [3.05, 3.63) is 30.1 Å². The lowest BCUT2D eigenvalue weighted by molar-refractivity contribution is 0.669. The van der Waals surface area contributed by atoms with E-state index in [0.29, 0.717) is 0 Å². The molecule has 1 heterocycles. The molecule has 1 aromatic heterocycles. The molecule has 0 unspecified atom stereocenters. The van der Waals surface area contributed by atoms with Crippen LogP contribution in [0.5, 0.6) is 0 Å². The van der Waals surface area contributed by atoms with Crippen molar-refractivity contribution in [3.8, 4) is 0 Å². The number of unbranched alkanes of at least 4 members (excludes halogenated alkanes) is 3. The molecule has 0 bridgehead atoms. The van der Waals surface area contributed by atoms with Crippen LogP contribution in [0.2, 0.25) is 0 Å². The first kappa shape index (κ1) is 10.5. The van der Waals surface area contributed by atoms with Crippen molar-refractivity contribution >= 4 is 11.6 Å². The number of aromatic nitrogens is 1. The quantitative estimate of drug-likeness (QED) is 0.503. The Morgan fingerprint density at radius 1 is 1.00 bits per heavy atom. The van der Waals surface area contributed by atoms with Crippen LogP contribution >= 0.6 is 11.6 Å². The molecule has 0 fully saturated rings. The molecule has 1 aromatic rings. The minimum Gasteiger partial charge on any atom is -0.265 e. The second kappa shape index (κ2) is 6.90. The van der Waals surface area contributed by atoms with Crippen molar-refractivity contribution in [2.75, 3.05) is 5.88 Å². The highest BCUT2D eigenvalue weighted by molar-refractivity contribution is 6.17. The number of aryl methyl sites for hydroxylation is 1. The SMILES string of the molecule is ClCCCCCCc1ccncc1. The summed E-state index contributed by atoms with van der Waals surface area (Å²) in [6.45, 7) is 0. The van der Waals surface area contributed by atoms with Crippen LogP contribution in [0, 0.1) is 0 Å². The van der Waals surface area contributed by atoms with E-state index >= 15 is 0 Å². The summed E-state index contributed by atoms with van der Waals surface area (Å²) in [7, 11) is 0. The van der Waals surface area contributed by atoms with E-state index in [1.54, 1.807) is 0 Å². The third kappa shape index (κ3) is 4.89. The molecule has 0 N–H and O–H groups in total. The first-order valence-electron chi connectivity index (χ1n) is 4.88. The van der Waals surface area contributed by atoms with E-state index in [4.69, 9.17) is 11.6 Å². The van der Waals surface area contributed by atoms with E-state index in [1.807, 2.05) is 12.4 Å². The van der Waals surface area contributed by atoms with Gasteiger partial charge in [-0.15, -0.1) is 11.6 Å². The van der Waals surface area contributed by atoms with E-state index in [-0.39, 0.29) is 0 Å². The predicted molar refractivity (Wildman–Crippen MR) is 57.1 cm³/mol. The molecule has 1 rings (SSSR count). The van der Waals surface area contributed by atoms with Gasteiger partial charge in [-0.2, -0.15) is 0 Å². The van der Waals surface area contributed by atoms with Crippen LogP contribution < -0.4 is 0 Å². The van der Waals surface area contributed by atoms with Gasteiger partial charge in [0, 0.05) is 18.3 Å². The molecule has 72 valence electrons. The third-order valence-electron chi connectivity index (χ3n) is 2.10. The Bertz CT molecular complexity index is 211. The summed E-state index contributed by atoms with van der Waals surface area (Å²) in [6.07, 6.45) is 9.84. The van der Waals surface area contributed by atoms with Gasteiger partial charge < -0.3 is 0 Å². The van der Waals surface area contributed by atoms with Crippen molar-refractivity contribution in [1.29, 1.82) is 0 Å². The Hall–Kier alpha value is -0.560. The summed E-state index contributed by atoms with van der Waals surface area (Å²) in [5.41, 5.74) is 1.39. The monoisotopic (exact) mass is 197 g/mol. The fraction of sp³-hybridized carbons (Fsp3) is 0.545. The highest BCUT2D eigenvalue weighted by Crippen LogP contribution is 2.06. The Balaban J connectivity index is 2.07. The standard InChI is InChI=1S/C11H16ClN/c12-8-4-2-1-3-5-11-6-9-13-10-7-11/h6-7,9-10H,1-5,8H2. The minimum atomic E-state index is 0.801. The van der Waals surface area contributed by atoms with Crippen LogP contribution in [-0.2, 0) is 6.42 Å². The van der Waals surface area contributed by atoms with Crippen molar-refractivity contribution in [1.82, 2.24) is 4.98 Å². The summed E-state index contributed by atoms with van der Waals surface area (Å²) in [6, 6.07) is 4.17. The Morgan fingerprint density at radius 2 is 1.69 bits per heavy atom. The second-order valence-corrected chi connectivity index (χ2v) is 3.59. The van der Waals surface area contributed by atoms with Gasteiger partial charge in [0.15, 0.2) is 0 Å². The van der Waals surface area contributed by atoms with Gasteiger partial charge in [-0.3, -0.25) is 4.98 Å². The van der Waals surface area contributed by atoms with Gasteiger partial charge in [-0.25, -0.2) is 0 Å². The van der Waals surface area contributed by atoms with Gasteiger partial charge in [-0.1, -0.05) is 12.8 Å². The number of rotatable bonds is 6. The minimum absolute atomic E-state index is 0.801. The summed E-state index contributed by atoms with van der Waals surface area (Å²) in [5, 5.41) is 0. The molecule has 0 aliphatic carbocycles. The third-order valence-corrected chi connectivity index (χ3v) is 2.37. The maximum absolute atomic E-state index is 5.59. The molecule has 0 saturated heterocycles. The molecule has 2 heteroatoms. The fourth-order valence-electron chi connectivity index (χ4n) is 1.33. The van der Waals surface area contributed by atoms with Crippen LogP contribution in [0.25, 0.3) is 0 Å². The molecule has 0 aliphatic heterocycles. The van der Waals surface area contributed by atoms with E-state index in [1.165, 1.54) is 31.2 Å². The lowest BCUT2D eigenvalue weighted by Gasteiger charge is -1.99. The molecule has 13 heavy (non-hydrogen) atoms. The summed E-state index contributed by atoms with van der Waals surface area (Å²) < 4.78 is 0. The average molecular weight is 198 g/mol. The van der Waals surface area contributed by atoms with Crippen LogP contribution in [0.3, 0.4) is 0 Å². The summed E-state index contributed by atoms with van der Waals surface area (Å²) >= 11 is 5.59. The molecular weight excluding hydrogens is 182 g/mol. The zero-order chi connectivity index (χ0) is 9.36. The number of pyridine rings is 1. The smallest absolute Gasteiger partial charge is 0.0270 e. The number of nitrogens with zero attached hydrogens (tertiary/aromatic N) is 1. The predicted octanol–water partition coefficient (Wildman–Crippen LogP) is 3.42. The first-order chi connectivity index (χ1) is 6.43. The largest absolute Gasteiger partial charge is 0.265 e. The van der Waals surface area contributed by atoms with E-state index < -0.39 is 0 Å². The van der Waals surface area contributed by atoms with Gasteiger partial charge in [0.2, 0.25) is 0 Å². The highest BCUT2D eigenvalue weighted by Gasteiger charge is 1.92. The summed E-state index contributed by atoms with van der Waals surface area (Å²) in [5.74, 6) is 0.801. The van der Waals surface area contributed by atoms with Crippen molar-refractivity contribution in [3.63, 3.8) is 0 Å². The lowest BCUT2D eigenvalue weighted by Crippen LogP contribution is -1.86. The topological polar surface area (TPSA) is 12.9 Å². The molecule has 0 spiro atoms. The zero-order valence-corrected chi connectivity index (χ0v) is 8.63. The van der Waals surface area contributed by atoms with E-state index in [0.717, 1.165) is 12.3 Å². The molecule has 0 radical (unpaired) electrons. The Labute approximate surface area is 85.1 Å². The van der Waals surface area contributed by atoms with Crippen LogP contribution in [0.15, 0.2) is 24.5 Å². The van der Waals surface area contributed by atoms with Gasteiger partial charge in [-0.05, 0) is 37.0 Å². The maximum atomic E-state index is 5.59. The average Bonchev–Trinajstić information content (AvgIpc) is 2.19. The van der Waals surface area contributed by atoms with Gasteiger partial charge >= 0.3 is 0 Å². The summed E-state index contributed by atoms with van der Waals surface area (Å²) in [4.78, 5) is 3.99. The van der Waals surface area contributed by atoms with Gasteiger partial charge in [0.25, 0.3) is 0 Å². The van der Waals surface area contributed by atoms with Crippen molar-refractivity contribution < 1.29 is 0 Å². The molecule has 0 amide bonds. The number of hydrogen-bond acceptors (Lipinski definition) is 1.